The van der Waals surface area contributed by atoms with Crippen molar-refractivity contribution in [2.24, 2.45) is 16.7 Å². The highest BCUT2D eigenvalue weighted by molar-refractivity contribution is 7.99. The van der Waals surface area contributed by atoms with Crippen LogP contribution in [0.3, 0.4) is 0 Å². The van der Waals surface area contributed by atoms with E-state index in [9.17, 15) is 14.4 Å². The van der Waals surface area contributed by atoms with Crippen molar-refractivity contribution < 1.29 is 19.1 Å². The highest BCUT2D eigenvalue weighted by Crippen LogP contribution is 2.66. The first-order chi connectivity index (χ1) is 17.7. The summed E-state index contributed by atoms with van der Waals surface area (Å²) < 4.78 is 6.39. The van der Waals surface area contributed by atoms with Crippen molar-refractivity contribution in [3.8, 4) is 0 Å². The van der Waals surface area contributed by atoms with Crippen LogP contribution in [0.1, 0.15) is 101 Å². The number of hydrogen-bond acceptors (Lipinski definition) is 5. The minimum absolute atomic E-state index is 0.108. The zero-order valence-corrected chi connectivity index (χ0v) is 23.5. The van der Waals surface area contributed by atoms with Crippen LogP contribution in [0.5, 0.6) is 0 Å². The number of imide groups is 1. The number of carbonyl (C=O) groups excluding carboxylic acids is 3. The topological polar surface area (TPSA) is 75.7 Å². The zero-order chi connectivity index (χ0) is 26.2. The SMILES string of the molecule is CC1(C)[C@@H]2CC[C@@]1(C)C(OCCCCCCCSc1ccc3c(c1)CN(C1CCC(=O)NC1=O)C3=O)C2. The van der Waals surface area contributed by atoms with E-state index in [4.69, 9.17) is 4.74 Å². The van der Waals surface area contributed by atoms with Crippen LogP contribution in [0.15, 0.2) is 23.1 Å². The molecule has 1 aromatic rings. The summed E-state index contributed by atoms with van der Waals surface area (Å²) in [5.74, 6) is 1.18. The van der Waals surface area contributed by atoms with Crippen molar-refractivity contribution in [3.63, 3.8) is 0 Å². The molecule has 202 valence electrons. The highest BCUT2D eigenvalue weighted by atomic mass is 32.2. The number of benzene rings is 1. The van der Waals surface area contributed by atoms with E-state index in [1.54, 1.807) is 4.90 Å². The maximum absolute atomic E-state index is 12.8. The second-order valence-electron chi connectivity index (χ2n) is 12.3. The Morgan fingerprint density at radius 2 is 1.84 bits per heavy atom. The molecule has 0 aromatic heterocycles. The van der Waals surface area contributed by atoms with Gasteiger partial charge in [-0.15, -0.1) is 11.8 Å². The van der Waals surface area contributed by atoms with Gasteiger partial charge in [-0.2, -0.15) is 0 Å². The van der Waals surface area contributed by atoms with Crippen molar-refractivity contribution in [2.45, 2.75) is 109 Å². The predicted octanol–water partition coefficient (Wildman–Crippen LogP) is 5.72. The minimum Gasteiger partial charge on any atom is -0.378 e. The Morgan fingerprint density at radius 3 is 2.57 bits per heavy atom. The number of thioether (sulfide) groups is 1. The van der Waals surface area contributed by atoms with Crippen LogP contribution < -0.4 is 5.32 Å². The molecule has 1 aromatic carbocycles. The molecule has 5 rings (SSSR count). The fourth-order valence-electron chi connectivity index (χ4n) is 7.17. The van der Waals surface area contributed by atoms with Crippen LogP contribution in [0.2, 0.25) is 0 Å². The molecule has 4 atom stereocenters. The number of piperidine rings is 1. The van der Waals surface area contributed by atoms with E-state index in [-0.39, 0.29) is 24.1 Å². The summed E-state index contributed by atoms with van der Waals surface area (Å²) in [5.41, 5.74) is 2.45. The third-order valence-corrected chi connectivity index (χ3v) is 11.2. The smallest absolute Gasteiger partial charge is 0.255 e. The van der Waals surface area contributed by atoms with Gasteiger partial charge in [0.15, 0.2) is 0 Å². The minimum atomic E-state index is -0.553. The van der Waals surface area contributed by atoms with Crippen LogP contribution in [-0.4, -0.2) is 47.1 Å². The summed E-state index contributed by atoms with van der Waals surface area (Å²) in [6, 6.07) is 5.45. The van der Waals surface area contributed by atoms with Gasteiger partial charge in [-0.1, -0.05) is 40.0 Å². The molecule has 37 heavy (non-hydrogen) atoms. The molecule has 0 radical (unpaired) electrons. The summed E-state index contributed by atoms with van der Waals surface area (Å²) in [4.78, 5) is 39.3. The fraction of sp³-hybridized carbons (Fsp3) is 0.700. The molecule has 0 spiro atoms. The molecule has 2 bridgehead atoms. The van der Waals surface area contributed by atoms with Crippen LogP contribution in [0.4, 0.5) is 0 Å². The van der Waals surface area contributed by atoms with E-state index < -0.39 is 6.04 Å². The number of ether oxygens (including phenoxy) is 1. The van der Waals surface area contributed by atoms with Crippen LogP contribution in [-0.2, 0) is 20.9 Å². The summed E-state index contributed by atoms with van der Waals surface area (Å²) in [6.07, 6.45) is 11.2. The van der Waals surface area contributed by atoms with Gasteiger partial charge in [-0.05, 0) is 84.8 Å². The zero-order valence-electron chi connectivity index (χ0n) is 22.6. The van der Waals surface area contributed by atoms with Crippen molar-refractivity contribution in [3.05, 3.63) is 29.3 Å². The monoisotopic (exact) mass is 526 g/mol. The average molecular weight is 527 g/mol. The van der Waals surface area contributed by atoms with Gasteiger partial charge < -0.3 is 9.64 Å². The van der Waals surface area contributed by atoms with Gasteiger partial charge in [0.1, 0.15) is 6.04 Å². The third-order valence-electron chi connectivity index (χ3n) is 10.1. The molecule has 2 heterocycles. The standard InChI is InChI=1S/C30H42N2O4S/c1-29(2)21-13-14-30(29,3)25(18-21)36-15-7-5-4-6-8-16-37-22-9-10-23-20(17-22)19-32(28(23)35)24-11-12-26(33)31-27(24)34/h9-10,17,21,24-25H,4-8,11-16,18-19H2,1-3H3,(H,31,33,34)/t21-,24?,25?,30+/m1/s1. The van der Waals surface area contributed by atoms with E-state index in [1.807, 2.05) is 23.9 Å². The third kappa shape index (κ3) is 5.10. The first kappa shape index (κ1) is 26.7. The van der Waals surface area contributed by atoms with E-state index in [0.717, 1.165) is 30.3 Å². The number of unbranched alkanes of at least 4 members (excludes halogenated alkanes) is 4. The molecular formula is C30H42N2O4S. The number of nitrogens with zero attached hydrogens (tertiary/aromatic N) is 1. The van der Waals surface area contributed by atoms with E-state index >= 15 is 0 Å². The van der Waals surface area contributed by atoms with Gasteiger partial charge in [0.25, 0.3) is 5.91 Å². The van der Waals surface area contributed by atoms with Crippen LogP contribution >= 0.6 is 11.8 Å². The molecule has 2 aliphatic heterocycles. The molecule has 3 amide bonds. The number of hydrogen-bond donors (Lipinski definition) is 1. The highest BCUT2D eigenvalue weighted by Gasteiger charge is 2.61. The predicted molar refractivity (Wildman–Crippen MR) is 145 cm³/mol. The molecule has 7 heteroatoms. The lowest BCUT2D eigenvalue weighted by atomic mass is 9.70. The maximum Gasteiger partial charge on any atom is 0.255 e. The molecule has 4 aliphatic rings. The first-order valence-electron chi connectivity index (χ1n) is 14.2. The lowest BCUT2D eigenvalue weighted by molar-refractivity contribution is -0.136. The van der Waals surface area contributed by atoms with E-state index in [1.165, 1.54) is 49.8 Å². The fourth-order valence-corrected chi connectivity index (χ4v) is 8.15. The van der Waals surface area contributed by atoms with Crippen molar-refractivity contribution in [1.29, 1.82) is 0 Å². The van der Waals surface area contributed by atoms with Gasteiger partial charge in [0.05, 0.1) is 6.10 Å². The summed E-state index contributed by atoms with van der Waals surface area (Å²) >= 11 is 1.84. The van der Waals surface area contributed by atoms with E-state index in [0.29, 0.717) is 35.5 Å². The largest absolute Gasteiger partial charge is 0.378 e. The van der Waals surface area contributed by atoms with Crippen molar-refractivity contribution in [2.75, 3.05) is 12.4 Å². The molecule has 2 aliphatic carbocycles. The number of nitrogens with one attached hydrogen (secondary N) is 1. The summed E-state index contributed by atoms with van der Waals surface area (Å²) in [6.45, 7) is 8.70. The van der Waals surface area contributed by atoms with Crippen molar-refractivity contribution in [1.82, 2.24) is 10.2 Å². The Labute approximate surface area is 225 Å². The second kappa shape index (κ2) is 10.7. The molecule has 2 saturated carbocycles. The van der Waals surface area contributed by atoms with Crippen molar-refractivity contribution >= 4 is 29.5 Å². The molecule has 1 saturated heterocycles. The van der Waals surface area contributed by atoms with Gasteiger partial charge in [-0.25, -0.2) is 0 Å². The Bertz CT molecular complexity index is 1060. The summed E-state index contributed by atoms with van der Waals surface area (Å²) in [7, 11) is 0. The normalized spacial score (nSPS) is 30.2. The molecule has 1 N–H and O–H groups in total. The number of rotatable bonds is 11. The Kier molecular flexibility index (Phi) is 7.75. The Morgan fingerprint density at radius 1 is 1.05 bits per heavy atom. The number of carbonyl (C=O) groups is 3. The van der Waals surface area contributed by atoms with Crippen LogP contribution in [0, 0.1) is 16.7 Å². The van der Waals surface area contributed by atoms with Gasteiger partial charge in [0.2, 0.25) is 11.8 Å². The number of amides is 3. The van der Waals surface area contributed by atoms with Gasteiger partial charge in [-0.3, -0.25) is 19.7 Å². The van der Waals surface area contributed by atoms with Gasteiger partial charge >= 0.3 is 0 Å². The lowest BCUT2D eigenvalue weighted by Crippen LogP contribution is -2.52. The average Bonchev–Trinajstić information content (AvgIpc) is 3.37. The lowest BCUT2D eigenvalue weighted by Gasteiger charge is -2.39. The maximum atomic E-state index is 12.8. The van der Waals surface area contributed by atoms with E-state index in [2.05, 4.69) is 32.2 Å². The first-order valence-corrected chi connectivity index (χ1v) is 15.2. The molecule has 3 fully saturated rings. The molecular weight excluding hydrogens is 484 g/mol. The molecule has 2 unspecified atom stereocenters. The second-order valence-corrected chi connectivity index (χ2v) is 13.5. The number of fused-ring (bicyclic) bond motifs is 3. The van der Waals surface area contributed by atoms with Gasteiger partial charge in [0, 0.05) is 30.0 Å². The van der Waals surface area contributed by atoms with Crippen LogP contribution in [0.25, 0.3) is 0 Å². The molecule has 6 nitrogen and oxygen atoms in total. The Hall–Kier alpha value is -1.86. The quantitative estimate of drug-likeness (QED) is 0.227. The summed E-state index contributed by atoms with van der Waals surface area (Å²) in [5, 5.41) is 2.36. The Balaban J connectivity index is 0.971.